The van der Waals surface area contributed by atoms with Gasteiger partial charge < -0.3 is 15.5 Å². The van der Waals surface area contributed by atoms with Crippen LogP contribution in [0, 0.1) is 0 Å². The smallest absolute Gasteiger partial charge is 0.251 e. The molecule has 2 unspecified atom stereocenters. The van der Waals surface area contributed by atoms with Crippen LogP contribution in [0.1, 0.15) is 48.9 Å². The number of hydrogen-bond donors (Lipinski definition) is 2. The van der Waals surface area contributed by atoms with Crippen LogP contribution < -0.4 is 10.6 Å². The van der Waals surface area contributed by atoms with Crippen molar-refractivity contribution in [3.63, 3.8) is 0 Å². The predicted octanol–water partition coefficient (Wildman–Crippen LogP) is 1.94. The molecular formula is C19H27N3O2. The van der Waals surface area contributed by atoms with E-state index in [2.05, 4.69) is 10.6 Å². The number of rotatable bonds is 5. The Morgan fingerprint density at radius 1 is 1.12 bits per heavy atom. The third-order valence-corrected chi connectivity index (χ3v) is 5.07. The van der Waals surface area contributed by atoms with Gasteiger partial charge in [0.05, 0.1) is 0 Å². The minimum Gasteiger partial charge on any atom is -0.350 e. The van der Waals surface area contributed by atoms with Crippen LogP contribution in [0.3, 0.4) is 0 Å². The van der Waals surface area contributed by atoms with Crippen LogP contribution in [-0.2, 0) is 4.79 Å². The Balaban J connectivity index is 1.54. The molecule has 1 aromatic rings. The maximum absolute atomic E-state index is 12.7. The van der Waals surface area contributed by atoms with Gasteiger partial charge in [-0.25, -0.2) is 0 Å². The van der Waals surface area contributed by atoms with E-state index in [0.29, 0.717) is 24.6 Å². The molecule has 24 heavy (non-hydrogen) atoms. The number of nitrogens with zero attached hydrogens (tertiary/aromatic N) is 1. The number of piperidine rings is 1. The molecule has 0 spiro atoms. The second-order valence-corrected chi connectivity index (χ2v) is 6.81. The number of carbonyl (C=O) groups excluding carboxylic acids is 2. The van der Waals surface area contributed by atoms with E-state index >= 15 is 0 Å². The van der Waals surface area contributed by atoms with Crippen LogP contribution in [0.2, 0.25) is 0 Å². The zero-order chi connectivity index (χ0) is 16.8. The molecule has 2 aliphatic rings. The molecule has 2 fully saturated rings. The lowest BCUT2D eigenvalue weighted by atomic mass is 10.0. The fraction of sp³-hybridized carbons (Fsp3) is 0.579. The van der Waals surface area contributed by atoms with E-state index in [1.807, 2.05) is 35.2 Å². The van der Waals surface area contributed by atoms with Crippen molar-refractivity contribution in [2.75, 3.05) is 19.6 Å². The molecular weight excluding hydrogens is 302 g/mol. The van der Waals surface area contributed by atoms with Crippen molar-refractivity contribution in [2.45, 2.75) is 50.6 Å². The first-order chi connectivity index (χ1) is 11.7. The Labute approximate surface area is 143 Å². The molecule has 2 aliphatic heterocycles. The standard InChI is InChI=1S/C19H27N3O2/c23-18(13-16-9-6-11-20-16)22-12-5-4-10-17(22)14-21-19(24)15-7-2-1-3-8-15/h1-3,7-8,16-17,20H,4-6,9-14H2,(H,21,24). The third kappa shape index (κ3) is 4.35. The van der Waals surface area contributed by atoms with Gasteiger partial charge in [0.2, 0.25) is 5.91 Å². The van der Waals surface area contributed by atoms with Gasteiger partial charge in [0.1, 0.15) is 0 Å². The first-order valence-corrected chi connectivity index (χ1v) is 9.10. The molecule has 2 N–H and O–H groups in total. The summed E-state index contributed by atoms with van der Waals surface area (Å²) in [4.78, 5) is 26.9. The molecule has 3 rings (SSSR count). The molecule has 2 saturated heterocycles. The molecule has 0 radical (unpaired) electrons. The van der Waals surface area contributed by atoms with Crippen molar-refractivity contribution in [3.05, 3.63) is 35.9 Å². The van der Waals surface area contributed by atoms with Gasteiger partial charge in [0.15, 0.2) is 0 Å². The van der Waals surface area contributed by atoms with E-state index < -0.39 is 0 Å². The summed E-state index contributed by atoms with van der Waals surface area (Å²) < 4.78 is 0. The molecule has 5 nitrogen and oxygen atoms in total. The fourth-order valence-electron chi connectivity index (χ4n) is 3.70. The third-order valence-electron chi connectivity index (χ3n) is 5.07. The number of likely N-dealkylation sites (tertiary alicyclic amines) is 1. The second-order valence-electron chi connectivity index (χ2n) is 6.81. The first kappa shape index (κ1) is 17.0. The van der Waals surface area contributed by atoms with Crippen molar-refractivity contribution in [3.8, 4) is 0 Å². The van der Waals surface area contributed by atoms with E-state index in [-0.39, 0.29) is 17.9 Å². The molecule has 0 bridgehead atoms. The van der Waals surface area contributed by atoms with Crippen LogP contribution in [0.15, 0.2) is 30.3 Å². The molecule has 2 heterocycles. The number of nitrogens with one attached hydrogen (secondary N) is 2. The molecule has 0 aliphatic carbocycles. The molecule has 0 saturated carbocycles. The van der Waals surface area contributed by atoms with E-state index in [4.69, 9.17) is 0 Å². The highest BCUT2D eigenvalue weighted by Crippen LogP contribution is 2.19. The number of carbonyl (C=O) groups is 2. The quantitative estimate of drug-likeness (QED) is 0.868. The van der Waals surface area contributed by atoms with E-state index in [9.17, 15) is 9.59 Å². The maximum atomic E-state index is 12.7. The number of hydrogen-bond acceptors (Lipinski definition) is 3. The maximum Gasteiger partial charge on any atom is 0.251 e. The van der Waals surface area contributed by atoms with Gasteiger partial charge in [-0.2, -0.15) is 0 Å². The van der Waals surface area contributed by atoms with E-state index in [0.717, 1.165) is 45.2 Å². The average Bonchev–Trinajstić information content (AvgIpc) is 3.13. The van der Waals surface area contributed by atoms with E-state index in [1.165, 1.54) is 0 Å². The highest BCUT2D eigenvalue weighted by molar-refractivity contribution is 5.94. The Morgan fingerprint density at radius 2 is 1.96 bits per heavy atom. The largest absolute Gasteiger partial charge is 0.350 e. The molecule has 130 valence electrons. The van der Waals surface area contributed by atoms with Crippen LogP contribution in [0.5, 0.6) is 0 Å². The summed E-state index contributed by atoms with van der Waals surface area (Å²) in [7, 11) is 0. The monoisotopic (exact) mass is 329 g/mol. The number of amides is 2. The van der Waals surface area contributed by atoms with Crippen molar-refractivity contribution in [1.29, 1.82) is 0 Å². The zero-order valence-electron chi connectivity index (χ0n) is 14.2. The Morgan fingerprint density at radius 3 is 2.71 bits per heavy atom. The van der Waals surface area contributed by atoms with Gasteiger partial charge in [-0.3, -0.25) is 9.59 Å². The highest BCUT2D eigenvalue weighted by Gasteiger charge is 2.29. The topological polar surface area (TPSA) is 61.4 Å². The van der Waals surface area contributed by atoms with Gasteiger partial charge in [-0.1, -0.05) is 18.2 Å². The Hall–Kier alpha value is -1.88. The van der Waals surface area contributed by atoms with Crippen LogP contribution in [0.25, 0.3) is 0 Å². The van der Waals surface area contributed by atoms with Gasteiger partial charge in [-0.15, -0.1) is 0 Å². The van der Waals surface area contributed by atoms with Gasteiger partial charge in [0, 0.05) is 37.2 Å². The Bertz CT molecular complexity index is 555. The summed E-state index contributed by atoms with van der Waals surface area (Å²) in [5.74, 6) is 0.166. The van der Waals surface area contributed by atoms with Gasteiger partial charge in [-0.05, 0) is 50.8 Å². The molecule has 2 amide bonds. The van der Waals surface area contributed by atoms with Gasteiger partial charge >= 0.3 is 0 Å². The summed E-state index contributed by atoms with van der Waals surface area (Å²) in [6.45, 7) is 2.38. The van der Waals surface area contributed by atoms with Gasteiger partial charge in [0.25, 0.3) is 5.91 Å². The summed E-state index contributed by atoms with van der Waals surface area (Å²) in [6, 6.07) is 9.70. The lowest BCUT2D eigenvalue weighted by Gasteiger charge is -2.36. The van der Waals surface area contributed by atoms with Crippen molar-refractivity contribution >= 4 is 11.8 Å². The summed E-state index contributed by atoms with van der Waals surface area (Å²) in [6.07, 6.45) is 6.00. The Kier molecular flexibility index (Phi) is 5.86. The highest BCUT2D eigenvalue weighted by atomic mass is 16.2. The molecule has 5 heteroatoms. The van der Waals surface area contributed by atoms with E-state index in [1.54, 1.807) is 0 Å². The van der Waals surface area contributed by atoms with Crippen molar-refractivity contribution in [2.24, 2.45) is 0 Å². The second kappa shape index (κ2) is 8.29. The minimum atomic E-state index is -0.0639. The zero-order valence-corrected chi connectivity index (χ0v) is 14.2. The van der Waals surface area contributed by atoms with Crippen molar-refractivity contribution in [1.82, 2.24) is 15.5 Å². The van der Waals surface area contributed by atoms with Crippen LogP contribution >= 0.6 is 0 Å². The normalized spacial score (nSPS) is 23.9. The molecule has 1 aromatic carbocycles. The van der Waals surface area contributed by atoms with Crippen LogP contribution in [0.4, 0.5) is 0 Å². The first-order valence-electron chi connectivity index (χ1n) is 9.10. The van der Waals surface area contributed by atoms with Crippen molar-refractivity contribution < 1.29 is 9.59 Å². The van der Waals surface area contributed by atoms with Crippen LogP contribution in [-0.4, -0.2) is 48.4 Å². The predicted molar refractivity (Wildman–Crippen MR) is 93.8 cm³/mol. The summed E-state index contributed by atoms with van der Waals surface area (Å²) in [5.41, 5.74) is 0.668. The summed E-state index contributed by atoms with van der Waals surface area (Å²) in [5, 5.41) is 6.39. The lowest BCUT2D eigenvalue weighted by molar-refractivity contribution is -0.135. The summed E-state index contributed by atoms with van der Waals surface area (Å²) >= 11 is 0. The number of benzene rings is 1. The lowest BCUT2D eigenvalue weighted by Crippen LogP contribution is -2.50. The fourth-order valence-corrected chi connectivity index (χ4v) is 3.70. The minimum absolute atomic E-state index is 0.0639. The SMILES string of the molecule is O=C(NCC1CCCCN1C(=O)CC1CCCN1)c1ccccc1. The molecule has 0 aromatic heterocycles. The average molecular weight is 329 g/mol. The molecule has 2 atom stereocenters.